The number of fused-ring (bicyclic) bond motifs is 15. The van der Waals surface area contributed by atoms with Crippen LogP contribution in [0.2, 0.25) is 0 Å². The zero-order chi connectivity index (χ0) is 57.1. The highest BCUT2D eigenvalue weighted by atomic mass is 79.9. The van der Waals surface area contributed by atoms with Gasteiger partial charge in [0.15, 0.2) is 0 Å². The molecule has 0 amide bonds. The summed E-state index contributed by atoms with van der Waals surface area (Å²) in [7, 11) is 1.72. The fourth-order valence-corrected chi connectivity index (χ4v) is 13.7. The van der Waals surface area contributed by atoms with Gasteiger partial charge in [0.1, 0.15) is 5.75 Å². The summed E-state index contributed by atoms with van der Waals surface area (Å²) in [6, 6.07) is 75.0. The summed E-state index contributed by atoms with van der Waals surface area (Å²) in [4.78, 5) is 0. The van der Waals surface area contributed by atoms with Crippen LogP contribution in [-0.4, -0.2) is 29.9 Å². The van der Waals surface area contributed by atoms with E-state index >= 15 is 0 Å². The molecule has 0 aliphatic carbocycles. The van der Waals surface area contributed by atoms with Crippen LogP contribution in [0.15, 0.2) is 215 Å². The predicted molar refractivity (Wildman–Crippen MR) is 359 cm³/mol. The summed E-state index contributed by atoms with van der Waals surface area (Å²) in [5, 5.41) is 12.9. The summed E-state index contributed by atoms with van der Waals surface area (Å²) >= 11 is 7.16. The van der Waals surface area contributed by atoms with Crippen molar-refractivity contribution < 1.29 is 4.74 Å². The van der Waals surface area contributed by atoms with E-state index < -0.39 is 0 Å². The minimum atomic E-state index is -0.0806. The number of ether oxygens (including phenoxy) is 1. The topological polar surface area (TPSA) is 33.9 Å². The number of aryl methyl sites for hydroxylation is 1. The molecule has 5 aromatic heterocycles. The van der Waals surface area contributed by atoms with Crippen molar-refractivity contribution in [2.24, 2.45) is 0 Å². The van der Waals surface area contributed by atoms with E-state index in [1.807, 2.05) is 6.07 Å². The summed E-state index contributed by atoms with van der Waals surface area (Å²) in [5.74, 6) is 0.905. The third kappa shape index (κ3) is 8.88. The largest absolute Gasteiger partial charge is 0.497 e. The second kappa shape index (κ2) is 19.9. The van der Waals surface area contributed by atoms with Crippen molar-refractivity contribution in [3.63, 3.8) is 0 Å². The molecule has 0 saturated heterocycles. The second-order valence-corrected chi connectivity index (χ2v) is 26.7. The predicted octanol–water partition coefficient (Wildman–Crippen LogP) is 21.7. The first-order valence-corrected chi connectivity index (χ1v) is 29.9. The lowest BCUT2D eigenvalue weighted by atomic mass is 10.1. The third-order valence-electron chi connectivity index (χ3n) is 16.2. The summed E-state index contributed by atoms with van der Waals surface area (Å²) < 4.78 is 19.8. The van der Waals surface area contributed by atoms with Crippen molar-refractivity contribution in [3.05, 3.63) is 221 Å². The number of halogens is 2. The molecule has 0 atom stereocenters. The van der Waals surface area contributed by atoms with Gasteiger partial charge in [0.05, 0.1) is 45.7 Å². The standard InChI is InChI=1S/C40H31N3.C18H21NO.C16H15Br2N/c1-40(2,3)43-38-22-20-26(41-34-16-8-4-12-28(34)29-13-5-9-17-35(29)41)24-32(38)33-25-27(21-23-39(33)43)42-36-18-10-6-14-30(36)31-15-7-11-19-37(31)42;1-12-6-8-14-15-9-7-13(20-5)11-17(15)19(16(14)10-12)18(2,3)4;1-16(2,3)19-14-8-10(17)4-6-12(14)13-7-5-11(18)9-15(13)19/h4-25H,1-3H3;6-11H,1-5H3;4-9H,1-3H3. The van der Waals surface area contributed by atoms with Crippen molar-refractivity contribution >= 4 is 141 Å². The van der Waals surface area contributed by atoms with Crippen molar-refractivity contribution in [3.8, 4) is 17.1 Å². The van der Waals surface area contributed by atoms with Crippen LogP contribution in [0.3, 0.4) is 0 Å². The first-order chi connectivity index (χ1) is 39.3. The zero-order valence-corrected chi connectivity index (χ0v) is 51.7. The molecule has 0 saturated carbocycles. The molecule has 82 heavy (non-hydrogen) atoms. The lowest BCUT2D eigenvalue weighted by molar-refractivity contribution is 0.411. The Morgan fingerprint density at radius 3 is 0.988 bits per heavy atom. The third-order valence-corrected chi connectivity index (χ3v) is 17.2. The molecule has 0 N–H and O–H groups in total. The summed E-state index contributed by atoms with van der Waals surface area (Å²) in [5.41, 5.74) is 16.1. The molecule has 0 bridgehead atoms. The maximum atomic E-state index is 5.40. The van der Waals surface area contributed by atoms with E-state index in [0.29, 0.717) is 0 Å². The van der Waals surface area contributed by atoms with Gasteiger partial charge in [-0.25, -0.2) is 0 Å². The van der Waals surface area contributed by atoms with E-state index in [0.717, 1.165) is 14.7 Å². The minimum Gasteiger partial charge on any atom is -0.497 e. The number of nitrogens with zero attached hydrogens (tertiary/aromatic N) is 5. The first kappa shape index (κ1) is 53.3. The number of hydrogen-bond donors (Lipinski definition) is 0. The van der Waals surface area contributed by atoms with Crippen molar-refractivity contribution in [1.82, 2.24) is 22.8 Å². The quantitative estimate of drug-likeness (QED) is 0.174. The molecule has 0 unspecified atom stereocenters. The van der Waals surface area contributed by atoms with Gasteiger partial charge in [0.25, 0.3) is 0 Å². The lowest BCUT2D eigenvalue weighted by Crippen LogP contribution is -2.21. The molecule has 408 valence electrons. The maximum absolute atomic E-state index is 5.40. The van der Waals surface area contributed by atoms with E-state index in [2.05, 4.69) is 324 Å². The molecular formula is C74H67Br2N5O. The average Bonchev–Trinajstić information content (AvgIpc) is 2.48. The van der Waals surface area contributed by atoms with Gasteiger partial charge in [-0.2, -0.15) is 0 Å². The molecule has 10 aromatic carbocycles. The van der Waals surface area contributed by atoms with Gasteiger partial charge >= 0.3 is 0 Å². The monoisotopic (exact) mass is 1200 g/mol. The van der Waals surface area contributed by atoms with Gasteiger partial charge in [-0.3, -0.25) is 0 Å². The number of para-hydroxylation sites is 4. The van der Waals surface area contributed by atoms with Crippen molar-refractivity contribution in [1.29, 1.82) is 0 Å². The Balaban J connectivity index is 0.000000134. The number of aromatic nitrogens is 5. The Bertz CT molecular complexity index is 4680. The Kier molecular flexibility index (Phi) is 12.9. The highest BCUT2D eigenvalue weighted by Crippen LogP contribution is 2.42. The van der Waals surface area contributed by atoms with E-state index in [-0.39, 0.29) is 16.6 Å². The highest BCUT2D eigenvalue weighted by Gasteiger charge is 2.25. The van der Waals surface area contributed by atoms with Crippen LogP contribution in [0.4, 0.5) is 0 Å². The number of methoxy groups -OCH3 is 1. The lowest BCUT2D eigenvalue weighted by Gasteiger charge is -2.24. The second-order valence-electron chi connectivity index (χ2n) is 24.9. The van der Waals surface area contributed by atoms with E-state index in [9.17, 15) is 0 Å². The molecule has 0 radical (unpaired) electrons. The minimum absolute atomic E-state index is 0.0279. The van der Waals surface area contributed by atoms with Crippen molar-refractivity contribution in [2.75, 3.05) is 7.11 Å². The number of benzene rings is 10. The van der Waals surface area contributed by atoms with Gasteiger partial charge in [0, 0.05) is 113 Å². The fourth-order valence-electron chi connectivity index (χ4n) is 13.0. The maximum Gasteiger partial charge on any atom is 0.120 e. The van der Waals surface area contributed by atoms with Crippen LogP contribution in [0.1, 0.15) is 67.9 Å². The normalized spacial score (nSPS) is 12.5. The molecule has 0 aliphatic heterocycles. The highest BCUT2D eigenvalue weighted by molar-refractivity contribution is 9.10. The molecule has 8 heteroatoms. The smallest absolute Gasteiger partial charge is 0.120 e. The van der Waals surface area contributed by atoms with Crippen LogP contribution in [0.5, 0.6) is 5.75 Å². The number of hydrogen-bond acceptors (Lipinski definition) is 1. The van der Waals surface area contributed by atoms with Gasteiger partial charge in [-0.05, 0) is 178 Å². The molecule has 0 spiro atoms. The van der Waals surface area contributed by atoms with Gasteiger partial charge in [-0.15, -0.1) is 0 Å². The van der Waals surface area contributed by atoms with Crippen LogP contribution in [-0.2, 0) is 16.6 Å². The molecular weight excluding hydrogens is 1130 g/mol. The van der Waals surface area contributed by atoms with E-state index in [1.54, 1.807) is 7.11 Å². The van der Waals surface area contributed by atoms with Crippen LogP contribution in [0, 0.1) is 6.92 Å². The van der Waals surface area contributed by atoms with Gasteiger partial charge in [-0.1, -0.05) is 129 Å². The summed E-state index contributed by atoms with van der Waals surface area (Å²) in [6.07, 6.45) is 0. The van der Waals surface area contributed by atoms with E-state index in [1.165, 1.54) is 126 Å². The van der Waals surface area contributed by atoms with Crippen LogP contribution in [0.25, 0.3) is 120 Å². The summed E-state index contributed by atoms with van der Waals surface area (Å²) in [6.45, 7) is 22.5. The van der Waals surface area contributed by atoms with Gasteiger partial charge < -0.3 is 27.6 Å². The first-order valence-electron chi connectivity index (χ1n) is 28.3. The SMILES string of the molecule is CC(C)(C)n1c2cc(Br)ccc2c2ccc(Br)cc21.CC(C)(C)n1c2ccc(-n3c4ccccc4c4ccccc43)cc2c2cc(-n3c4ccccc4c4ccccc43)ccc21.COc1ccc2c3ccc(C)cc3n(C(C)(C)C)c2c1. The van der Waals surface area contributed by atoms with Crippen molar-refractivity contribution in [2.45, 2.75) is 85.9 Å². The number of rotatable bonds is 3. The average molecular weight is 1200 g/mol. The van der Waals surface area contributed by atoms with Crippen LogP contribution >= 0.6 is 31.9 Å². The van der Waals surface area contributed by atoms with Gasteiger partial charge in [0.2, 0.25) is 0 Å². The molecule has 0 fully saturated rings. The Morgan fingerprint density at radius 2 is 0.610 bits per heavy atom. The molecule has 0 aliphatic rings. The molecule has 15 rings (SSSR count). The Hall–Kier alpha value is -8.04. The van der Waals surface area contributed by atoms with E-state index in [4.69, 9.17) is 4.74 Å². The van der Waals surface area contributed by atoms with Crippen LogP contribution < -0.4 is 4.74 Å². The molecule has 5 heterocycles. The zero-order valence-electron chi connectivity index (χ0n) is 48.5. The molecule has 6 nitrogen and oxygen atoms in total. The molecule has 15 aromatic rings. The Labute approximate surface area is 496 Å². The Morgan fingerprint density at radius 1 is 0.293 bits per heavy atom. The fraction of sp³-hybridized carbons (Fsp3) is 0.189.